The number of barbiturate groups is 1. The lowest BCUT2D eigenvalue weighted by Gasteiger charge is -2.32. The predicted octanol–water partition coefficient (Wildman–Crippen LogP) is 2.09. The van der Waals surface area contributed by atoms with E-state index in [9.17, 15) is 37.5 Å². The number of aromatic nitrogens is 1. The van der Waals surface area contributed by atoms with Crippen molar-refractivity contribution in [3.63, 3.8) is 0 Å². The van der Waals surface area contributed by atoms with E-state index in [0.717, 1.165) is 26.2 Å². The lowest BCUT2D eigenvalue weighted by atomic mass is 10.0. The Hall–Kier alpha value is -4.16. The van der Waals surface area contributed by atoms with Crippen LogP contribution in [0.1, 0.15) is 5.56 Å². The van der Waals surface area contributed by atoms with E-state index in [1.807, 2.05) is 0 Å². The molecule has 1 aromatic heterocycles. The van der Waals surface area contributed by atoms with Gasteiger partial charge in [0.15, 0.2) is 11.7 Å². The molecule has 0 saturated carbocycles. The Kier molecular flexibility index (Phi) is 5.99. The summed E-state index contributed by atoms with van der Waals surface area (Å²) in [5, 5.41) is 12.9. The van der Waals surface area contributed by atoms with E-state index in [2.05, 4.69) is 10.3 Å². The summed E-state index contributed by atoms with van der Waals surface area (Å²) in [5.41, 5.74) is -1.50. The molecule has 1 aliphatic rings. The number of hydrogen-bond acceptors (Lipinski definition) is 7. The molecule has 10 nitrogen and oxygen atoms in total. The number of benzene rings is 1. The molecule has 0 atom stereocenters. The molecular formula is C20H17F3N4O6. The van der Waals surface area contributed by atoms with E-state index in [4.69, 9.17) is 4.74 Å². The Morgan fingerprint density at radius 1 is 1.09 bits per heavy atom. The molecule has 2 N–H and O–H groups in total. The molecule has 1 fully saturated rings. The van der Waals surface area contributed by atoms with Crippen molar-refractivity contribution in [3.05, 3.63) is 36.0 Å². The average Bonchev–Trinajstić information content (AvgIpc) is 2.77. The molecule has 1 aromatic carbocycles. The second kappa shape index (κ2) is 8.41. The number of imide groups is 2. The molecule has 2 heterocycles. The first kappa shape index (κ1) is 23.5. The molecule has 174 valence electrons. The first-order valence-corrected chi connectivity index (χ1v) is 9.22. The highest BCUT2D eigenvalue weighted by atomic mass is 19.4. The third-order valence-corrected chi connectivity index (χ3v) is 4.96. The smallest absolute Gasteiger partial charge is 0.417 e. The zero-order valence-corrected chi connectivity index (χ0v) is 17.4. The van der Waals surface area contributed by atoms with Gasteiger partial charge in [0.2, 0.25) is 5.91 Å². The minimum Gasteiger partial charge on any atom is -0.505 e. The van der Waals surface area contributed by atoms with Crippen LogP contribution in [0, 0.1) is 5.92 Å². The van der Waals surface area contributed by atoms with Gasteiger partial charge in [0.05, 0.1) is 29.6 Å². The van der Waals surface area contributed by atoms with Gasteiger partial charge in [-0.3, -0.25) is 29.2 Å². The number of aromatic hydroxyl groups is 1. The van der Waals surface area contributed by atoms with Crippen molar-refractivity contribution in [1.29, 1.82) is 0 Å². The number of alkyl halides is 3. The number of carbonyl (C=O) groups is 4. The Morgan fingerprint density at radius 2 is 1.70 bits per heavy atom. The number of pyridine rings is 1. The number of ether oxygens (including phenoxy) is 1. The molecule has 2 aromatic rings. The predicted molar refractivity (Wildman–Crippen MR) is 106 cm³/mol. The van der Waals surface area contributed by atoms with E-state index in [1.54, 1.807) is 0 Å². The standard InChI is InChI=1S/C20H17F3N4O6/c1-26-17(30)14(18(31)27(2)19(26)32)16(29)25-11-6-7-12(33-3)13(15(11)28)10-5-4-9(8-24-10)20(21,22)23/h4-8,14,28H,1-3H3,(H,25,29). The maximum absolute atomic E-state index is 12.8. The highest BCUT2D eigenvalue weighted by molar-refractivity contribution is 6.28. The SMILES string of the molecule is COc1ccc(NC(=O)C2C(=O)N(C)C(=O)N(C)C2=O)c(O)c1-c1ccc(C(F)(F)F)cn1. The van der Waals surface area contributed by atoms with Gasteiger partial charge >= 0.3 is 12.2 Å². The van der Waals surface area contributed by atoms with Crippen molar-refractivity contribution < 1.29 is 42.2 Å². The Bertz CT molecular complexity index is 1130. The van der Waals surface area contributed by atoms with Gasteiger partial charge < -0.3 is 15.2 Å². The maximum atomic E-state index is 12.8. The van der Waals surface area contributed by atoms with Gasteiger partial charge in [-0.15, -0.1) is 0 Å². The number of halogens is 3. The van der Waals surface area contributed by atoms with Gasteiger partial charge in [0.1, 0.15) is 5.75 Å². The number of hydrogen-bond donors (Lipinski definition) is 2. The molecule has 33 heavy (non-hydrogen) atoms. The molecule has 0 bridgehead atoms. The topological polar surface area (TPSA) is 129 Å². The molecule has 0 aliphatic carbocycles. The highest BCUT2D eigenvalue weighted by Crippen LogP contribution is 2.42. The van der Waals surface area contributed by atoms with Gasteiger partial charge in [0.25, 0.3) is 11.8 Å². The van der Waals surface area contributed by atoms with Crippen LogP contribution >= 0.6 is 0 Å². The zero-order valence-electron chi connectivity index (χ0n) is 17.4. The largest absolute Gasteiger partial charge is 0.505 e. The summed E-state index contributed by atoms with van der Waals surface area (Å²) in [6, 6.07) is 3.37. The number of urea groups is 1. The van der Waals surface area contributed by atoms with Crippen LogP contribution in [0.15, 0.2) is 30.5 Å². The molecular weight excluding hydrogens is 449 g/mol. The molecule has 5 amide bonds. The van der Waals surface area contributed by atoms with Crippen LogP contribution in [-0.4, -0.2) is 64.8 Å². The van der Waals surface area contributed by atoms with Crippen LogP contribution < -0.4 is 10.1 Å². The fourth-order valence-electron chi connectivity index (χ4n) is 3.14. The first-order chi connectivity index (χ1) is 15.4. The van der Waals surface area contributed by atoms with E-state index in [1.165, 1.54) is 19.2 Å². The van der Waals surface area contributed by atoms with Gasteiger partial charge in [-0.05, 0) is 24.3 Å². The second-order valence-corrected chi connectivity index (χ2v) is 6.97. The molecule has 0 unspecified atom stereocenters. The van der Waals surface area contributed by atoms with E-state index in [-0.39, 0.29) is 22.7 Å². The number of phenolic OH excluding ortho intramolecular Hbond substituents is 1. The summed E-state index contributed by atoms with van der Waals surface area (Å²) in [5.74, 6) is -5.71. The number of rotatable bonds is 4. The number of amides is 5. The van der Waals surface area contributed by atoms with Crippen molar-refractivity contribution in [3.8, 4) is 22.8 Å². The van der Waals surface area contributed by atoms with Gasteiger partial charge in [0, 0.05) is 20.3 Å². The number of anilines is 1. The van der Waals surface area contributed by atoms with Crippen molar-refractivity contribution >= 4 is 29.4 Å². The van der Waals surface area contributed by atoms with Gasteiger partial charge in [-0.25, -0.2) is 4.79 Å². The van der Waals surface area contributed by atoms with E-state index in [0.29, 0.717) is 16.0 Å². The summed E-state index contributed by atoms with van der Waals surface area (Å²) in [6.45, 7) is 0. The maximum Gasteiger partial charge on any atom is 0.417 e. The van der Waals surface area contributed by atoms with Crippen LogP contribution in [-0.2, 0) is 20.6 Å². The van der Waals surface area contributed by atoms with Crippen LogP contribution in [0.5, 0.6) is 11.5 Å². The number of nitrogens with one attached hydrogen (secondary N) is 1. The second-order valence-electron chi connectivity index (χ2n) is 6.97. The lowest BCUT2D eigenvalue weighted by molar-refractivity contribution is -0.151. The molecule has 0 radical (unpaired) electrons. The van der Waals surface area contributed by atoms with Crippen LogP contribution in [0.4, 0.5) is 23.7 Å². The zero-order chi connectivity index (χ0) is 24.7. The van der Waals surface area contributed by atoms with Crippen molar-refractivity contribution in [1.82, 2.24) is 14.8 Å². The number of carbonyl (C=O) groups excluding carboxylic acids is 4. The van der Waals surface area contributed by atoms with E-state index >= 15 is 0 Å². The number of methoxy groups -OCH3 is 1. The Labute approximate surface area is 184 Å². The van der Waals surface area contributed by atoms with Crippen LogP contribution in [0.2, 0.25) is 0 Å². The summed E-state index contributed by atoms with van der Waals surface area (Å²) in [7, 11) is 3.46. The summed E-state index contributed by atoms with van der Waals surface area (Å²) < 4.78 is 43.6. The third kappa shape index (κ3) is 4.16. The molecule has 0 spiro atoms. The van der Waals surface area contributed by atoms with Gasteiger partial charge in [-0.2, -0.15) is 13.2 Å². The fourth-order valence-corrected chi connectivity index (χ4v) is 3.14. The van der Waals surface area contributed by atoms with Crippen molar-refractivity contribution in [2.75, 3.05) is 26.5 Å². The molecule has 1 saturated heterocycles. The minimum atomic E-state index is -4.62. The highest BCUT2D eigenvalue weighted by Gasteiger charge is 2.47. The normalized spacial score (nSPS) is 15.2. The molecule has 13 heteroatoms. The summed E-state index contributed by atoms with van der Waals surface area (Å²) >= 11 is 0. The summed E-state index contributed by atoms with van der Waals surface area (Å²) in [4.78, 5) is 54.1. The number of phenols is 1. The van der Waals surface area contributed by atoms with Crippen molar-refractivity contribution in [2.45, 2.75) is 6.18 Å². The van der Waals surface area contributed by atoms with Crippen molar-refractivity contribution in [2.24, 2.45) is 5.92 Å². The van der Waals surface area contributed by atoms with E-state index < -0.39 is 47.2 Å². The third-order valence-electron chi connectivity index (χ3n) is 4.96. The van der Waals surface area contributed by atoms with Gasteiger partial charge in [-0.1, -0.05) is 0 Å². The summed E-state index contributed by atoms with van der Waals surface area (Å²) in [6.07, 6.45) is -4.05. The Balaban J connectivity index is 1.97. The number of nitrogens with zero attached hydrogens (tertiary/aromatic N) is 3. The lowest BCUT2D eigenvalue weighted by Crippen LogP contribution is -2.59. The quantitative estimate of drug-likeness (QED) is 0.521. The molecule has 1 aliphatic heterocycles. The monoisotopic (exact) mass is 466 g/mol. The van der Waals surface area contributed by atoms with Crippen LogP contribution in [0.25, 0.3) is 11.3 Å². The first-order valence-electron chi connectivity index (χ1n) is 9.22. The Morgan fingerprint density at radius 3 is 2.18 bits per heavy atom. The average molecular weight is 466 g/mol. The fraction of sp³-hybridized carbons (Fsp3) is 0.250. The molecule has 3 rings (SSSR count). The van der Waals surface area contributed by atoms with Crippen LogP contribution in [0.3, 0.4) is 0 Å². The minimum absolute atomic E-state index is 0.0349.